The first-order chi connectivity index (χ1) is 22.8. The van der Waals surface area contributed by atoms with Crippen LogP contribution < -0.4 is 9.47 Å². The van der Waals surface area contributed by atoms with Gasteiger partial charge in [-0.05, 0) is 56.5 Å². The molecule has 2 aromatic rings. The second-order valence-electron chi connectivity index (χ2n) is 14.0. The van der Waals surface area contributed by atoms with Crippen LogP contribution in [0.3, 0.4) is 0 Å². The number of halogens is 2. The number of carbonyl (C=O) groups excluding carboxylic acids is 2. The number of fused-ring (bicyclic) bond motifs is 2. The van der Waals surface area contributed by atoms with Crippen molar-refractivity contribution in [3.8, 4) is 11.5 Å². The molecule has 0 bridgehead atoms. The molecule has 0 N–H and O–H groups in total. The summed E-state index contributed by atoms with van der Waals surface area (Å²) in [6, 6.07) is 11.7. The summed E-state index contributed by atoms with van der Waals surface area (Å²) < 4.78 is 17.4. The second-order valence-corrected chi connectivity index (χ2v) is 14.0. The summed E-state index contributed by atoms with van der Waals surface area (Å²) in [5, 5.41) is 6.70. The molecule has 0 saturated carbocycles. The van der Waals surface area contributed by atoms with E-state index in [9.17, 15) is 9.59 Å². The molecule has 10 nitrogen and oxygen atoms in total. The van der Waals surface area contributed by atoms with Crippen molar-refractivity contribution in [2.24, 2.45) is 16.9 Å². The molecule has 266 valence electrons. The first kappa shape index (κ1) is 37.1. The average Bonchev–Trinajstić information content (AvgIpc) is 3.44. The Labute approximate surface area is 302 Å². The minimum atomic E-state index is -0.349. The van der Waals surface area contributed by atoms with E-state index in [-0.39, 0.29) is 54.1 Å². The molecule has 12 heteroatoms. The summed E-state index contributed by atoms with van der Waals surface area (Å²) >= 11 is 0. The summed E-state index contributed by atoms with van der Waals surface area (Å²) in [6.45, 7) is 13.5. The predicted octanol–water partition coefficient (Wildman–Crippen LogP) is 4.67. The van der Waals surface area contributed by atoms with Gasteiger partial charge in [-0.15, -0.1) is 24.8 Å². The number of benzene rings is 2. The molecular weight excluding hydrogens is 665 g/mol. The van der Waals surface area contributed by atoms with Gasteiger partial charge in [-0.2, -0.15) is 5.10 Å². The van der Waals surface area contributed by atoms with Gasteiger partial charge in [0.05, 0.1) is 38.5 Å². The molecule has 5 aliphatic rings. The van der Waals surface area contributed by atoms with E-state index in [1.807, 2.05) is 35.2 Å². The number of hydrogen-bond acceptors (Lipinski definition) is 8. The molecule has 49 heavy (non-hydrogen) atoms. The number of allylic oxidation sites excluding steroid dienone is 2. The lowest BCUT2D eigenvalue weighted by Gasteiger charge is -2.37. The maximum absolute atomic E-state index is 13.8. The average molecular weight is 715 g/mol. The van der Waals surface area contributed by atoms with Crippen LogP contribution in [0.15, 0.2) is 53.7 Å². The highest BCUT2D eigenvalue weighted by Gasteiger charge is 2.43. The molecule has 2 aromatic carbocycles. The monoisotopic (exact) mass is 713 g/mol. The number of nitrogens with zero attached hydrogens (tertiary/aromatic N) is 5. The summed E-state index contributed by atoms with van der Waals surface area (Å²) in [5.41, 5.74) is 4.35. The minimum absolute atomic E-state index is 0. The first-order valence-electron chi connectivity index (χ1n) is 17.1. The fourth-order valence-corrected chi connectivity index (χ4v) is 7.62. The van der Waals surface area contributed by atoms with E-state index in [0.717, 1.165) is 112 Å². The summed E-state index contributed by atoms with van der Waals surface area (Å²) in [5.74, 6) is 1.47. The number of methoxy groups -OCH3 is 1. The van der Waals surface area contributed by atoms with Gasteiger partial charge in [0.25, 0.3) is 5.91 Å². The van der Waals surface area contributed by atoms with Gasteiger partial charge in [0.1, 0.15) is 5.60 Å². The van der Waals surface area contributed by atoms with Crippen LogP contribution in [0.4, 0.5) is 0 Å². The Morgan fingerprint density at radius 1 is 0.898 bits per heavy atom. The van der Waals surface area contributed by atoms with Crippen LogP contribution in [-0.2, 0) is 22.5 Å². The Balaban J connectivity index is 0.00000234. The van der Waals surface area contributed by atoms with Crippen LogP contribution in [0.25, 0.3) is 0 Å². The van der Waals surface area contributed by atoms with Crippen molar-refractivity contribution >= 4 is 42.3 Å². The molecule has 2 amide bonds. The molecule has 0 spiro atoms. The lowest BCUT2D eigenvalue weighted by atomic mass is 9.75. The minimum Gasteiger partial charge on any atom is -0.493 e. The van der Waals surface area contributed by atoms with E-state index in [0.29, 0.717) is 18.5 Å². The van der Waals surface area contributed by atoms with Crippen LogP contribution in [0.1, 0.15) is 53.7 Å². The number of amides is 2. The fourth-order valence-electron chi connectivity index (χ4n) is 7.62. The molecule has 4 aliphatic heterocycles. The smallest absolute Gasteiger partial charge is 0.253 e. The quantitative estimate of drug-likeness (QED) is 0.368. The van der Waals surface area contributed by atoms with Gasteiger partial charge in [0, 0.05) is 81.4 Å². The highest BCUT2D eigenvalue weighted by atomic mass is 35.5. The number of hydrazone groups is 1. The number of hydrogen-bond donors (Lipinski definition) is 0. The molecule has 2 fully saturated rings. The molecule has 2 atom stereocenters. The van der Waals surface area contributed by atoms with Gasteiger partial charge in [-0.25, -0.2) is 5.01 Å². The van der Waals surface area contributed by atoms with Crippen LogP contribution in [0, 0.1) is 11.8 Å². The third-order valence-corrected chi connectivity index (χ3v) is 10.3. The standard InChI is InChI=1S/C37H47N5O5.2ClH/c1-37(2)24-31-29(12-13-32(45-3)34(31)47-37)33-28-6-4-5-7-30(28)36(44)42(38-33)25-26-8-10-27(11-9-26)35(43)41-18-16-39(17-19-41)14-15-40-20-22-46-23-21-40;;/h4-5,8-13,28,30H,6-7,14-25H2,1-3H3;2*1H/t28-,30+;;/m1../s1. The van der Waals surface area contributed by atoms with E-state index in [2.05, 4.69) is 41.9 Å². The molecule has 4 heterocycles. The first-order valence-corrected chi connectivity index (χ1v) is 17.1. The van der Waals surface area contributed by atoms with Crippen molar-refractivity contribution in [2.45, 2.75) is 45.3 Å². The van der Waals surface area contributed by atoms with E-state index < -0.39 is 0 Å². The largest absolute Gasteiger partial charge is 0.493 e. The topological polar surface area (TPSA) is 87.2 Å². The highest BCUT2D eigenvalue weighted by molar-refractivity contribution is 6.08. The zero-order chi connectivity index (χ0) is 32.5. The Hall–Kier alpha value is -3.15. The Kier molecular flexibility index (Phi) is 12.0. The molecule has 0 aromatic heterocycles. The van der Waals surface area contributed by atoms with Crippen molar-refractivity contribution in [1.82, 2.24) is 19.7 Å². The zero-order valence-electron chi connectivity index (χ0n) is 28.8. The molecule has 1 aliphatic carbocycles. The number of ether oxygens (including phenoxy) is 3. The normalized spacial score (nSPS) is 23.4. The molecule has 0 unspecified atom stereocenters. The van der Waals surface area contributed by atoms with Gasteiger partial charge in [-0.1, -0.05) is 24.3 Å². The van der Waals surface area contributed by atoms with Crippen LogP contribution in [0.2, 0.25) is 0 Å². The number of piperazine rings is 1. The van der Waals surface area contributed by atoms with E-state index in [1.54, 1.807) is 12.1 Å². The highest BCUT2D eigenvalue weighted by Crippen LogP contribution is 2.46. The third kappa shape index (κ3) is 7.94. The lowest BCUT2D eigenvalue weighted by molar-refractivity contribution is -0.138. The van der Waals surface area contributed by atoms with Crippen molar-refractivity contribution in [3.05, 3.63) is 70.8 Å². The summed E-state index contributed by atoms with van der Waals surface area (Å²) in [6.07, 6.45) is 6.52. The van der Waals surface area contributed by atoms with Crippen molar-refractivity contribution in [1.29, 1.82) is 0 Å². The maximum atomic E-state index is 13.8. The number of carbonyl (C=O) groups is 2. The van der Waals surface area contributed by atoms with E-state index >= 15 is 0 Å². The Morgan fingerprint density at radius 2 is 1.55 bits per heavy atom. The summed E-state index contributed by atoms with van der Waals surface area (Å²) in [7, 11) is 1.66. The maximum Gasteiger partial charge on any atom is 0.253 e. The molecule has 2 saturated heterocycles. The van der Waals surface area contributed by atoms with Crippen LogP contribution in [0.5, 0.6) is 11.5 Å². The van der Waals surface area contributed by atoms with Gasteiger partial charge >= 0.3 is 0 Å². The molecular formula is C37H49Cl2N5O5. The van der Waals surface area contributed by atoms with Gasteiger partial charge in [-0.3, -0.25) is 19.4 Å². The second kappa shape index (κ2) is 15.8. The summed E-state index contributed by atoms with van der Waals surface area (Å²) in [4.78, 5) is 34.0. The Morgan fingerprint density at radius 3 is 2.22 bits per heavy atom. The lowest BCUT2D eigenvalue weighted by Crippen LogP contribution is -2.51. The third-order valence-electron chi connectivity index (χ3n) is 10.3. The van der Waals surface area contributed by atoms with E-state index in [4.69, 9.17) is 19.3 Å². The van der Waals surface area contributed by atoms with Gasteiger partial charge < -0.3 is 19.1 Å². The van der Waals surface area contributed by atoms with Crippen LogP contribution >= 0.6 is 24.8 Å². The van der Waals surface area contributed by atoms with Crippen molar-refractivity contribution in [2.75, 3.05) is 72.7 Å². The van der Waals surface area contributed by atoms with Crippen molar-refractivity contribution < 1.29 is 23.8 Å². The van der Waals surface area contributed by atoms with E-state index in [1.165, 1.54) is 0 Å². The van der Waals surface area contributed by atoms with Crippen LogP contribution in [-0.4, -0.2) is 116 Å². The molecule has 0 radical (unpaired) electrons. The number of rotatable bonds is 8. The Bertz CT molecular complexity index is 1550. The van der Waals surface area contributed by atoms with Gasteiger partial charge in [0.2, 0.25) is 5.91 Å². The van der Waals surface area contributed by atoms with Gasteiger partial charge in [0.15, 0.2) is 11.5 Å². The fraction of sp³-hybridized carbons (Fsp3) is 0.541. The number of morpholine rings is 1. The predicted molar refractivity (Wildman–Crippen MR) is 194 cm³/mol. The van der Waals surface area contributed by atoms with Crippen molar-refractivity contribution in [3.63, 3.8) is 0 Å². The SMILES string of the molecule is COc1ccc(C2=NN(Cc3ccc(C(=O)N4CCN(CCN5CCOCC5)CC4)cc3)C(=O)[C@H]3CC=CC[C@@H]23)c2c1OC(C)(C)C2.Cl.Cl. The molecule has 7 rings (SSSR count). The zero-order valence-corrected chi connectivity index (χ0v) is 30.4.